The number of nitrogens with one attached hydrogen (secondary N) is 1. The minimum atomic E-state index is -0.903. The summed E-state index contributed by atoms with van der Waals surface area (Å²) in [4.78, 5) is 38.2. The van der Waals surface area contributed by atoms with Gasteiger partial charge in [0, 0.05) is 31.1 Å². The molecule has 0 aromatic carbocycles. The van der Waals surface area contributed by atoms with Crippen LogP contribution in [0.1, 0.15) is 13.3 Å². The molecule has 2 aliphatic heterocycles. The molecule has 20 heavy (non-hydrogen) atoms. The molecule has 0 saturated carbocycles. The van der Waals surface area contributed by atoms with E-state index >= 15 is 0 Å². The van der Waals surface area contributed by atoms with E-state index < -0.39 is 12.0 Å². The Morgan fingerprint density at radius 1 is 1.40 bits per heavy atom. The van der Waals surface area contributed by atoms with Crippen LogP contribution < -0.4 is 5.32 Å². The van der Waals surface area contributed by atoms with Crippen molar-refractivity contribution < 1.29 is 19.5 Å². The lowest BCUT2D eigenvalue weighted by atomic mass is 10.1. The first-order chi connectivity index (χ1) is 9.50. The van der Waals surface area contributed by atoms with Gasteiger partial charge in [0.2, 0.25) is 5.91 Å². The summed E-state index contributed by atoms with van der Waals surface area (Å²) >= 11 is 1.66. The van der Waals surface area contributed by atoms with Gasteiger partial charge in [-0.25, -0.2) is 4.79 Å². The highest BCUT2D eigenvalue weighted by atomic mass is 32.2. The number of hydrogen-bond donors (Lipinski definition) is 2. The maximum atomic E-state index is 12.6. The van der Waals surface area contributed by atoms with Crippen LogP contribution in [-0.4, -0.2) is 76.0 Å². The molecule has 7 nitrogen and oxygen atoms in total. The molecule has 0 aromatic heterocycles. The Morgan fingerprint density at radius 2 is 2.15 bits per heavy atom. The number of carboxylic acids is 1. The molecule has 2 heterocycles. The monoisotopic (exact) mass is 301 g/mol. The lowest BCUT2D eigenvalue weighted by Crippen LogP contribution is -2.61. The van der Waals surface area contributed by atoms with Crippen molar-refractivity contribution in [2.45, 2.75) is 25.4 Å². The van der Waals surface area contributed by atoms with Gasteiger partial charge in [-0.3, -0.25) is 9.59 Å². The Kier molecular flexibility index (Phi) is 4.74. The largest absolute Gasteiger partial charge is 0.481 e. The van der Waals surface area contributed by atoms with E-state index in [0.29, 0.717) is 25.4 Å². The SMILES string of the molecule is CC1C(=O)NCCN1C(=O)N1CCSCC1CC(=O)O. The van der Waals surface area contributed by atoms with Crippen LogP contribution in [-0.2, 0) is 9.59 Å². The minimum Gasteiger partial charge on any atom is -0.481 e. The summed E-state index contributed by atoms with van der Waals surface area (Å²) in [5, 5.41) is 11.7. The van der Waals surface area contributed by atoms with Crippen LogP contribution in [0.25, 0.3) is 0 Å². The van der Waals surface area contributed by atoms with Crippen molar-refractivity contribution in [1.82, 2.24) is 15.1 Å². The number of rotatable bonds is 2. The lowest BCUT2D eigenvalue weighted by Gasteiger charge is -2.41. The second kappa shape index (κ2) is 6.34. The second-order valence-electron chi connectivity index (χ2n) is 4.96. The van der Waals surface area contributed by atoms with Gasteiger partial charge in [-0.2, -0.15) is 11.8 Å². The zero-order chi connectivity index (χ0) is 14.7. The topological polar surface area (TPSA) is 90.0 Å². The van der Waals surface area contributed by atoms with E-state index in [1.54, 1.807) is 23.6 Å². The molecule has 0 aromatic rings. The third-order valence-electron chi connectivity index (χ3n) is 3.63. The molecule has 2 aliphatic rings. The molecule has 2 atom stereocenters. The predicted octanol–water partition coefficient (Wildman–Crippen LogP) is -0.181. The molecule has 8 heteroatoms. The van der Waals surface area contributed by atoms with Crippen LogP contribution in [0, 0.1) is 0 Å². The Bertz CT molecular complexity index is 418. The number of aliphatic carboxylic acids is 1. The Labute approximate surface area is 121 Å². The van der Waals surface area contributed by atoms with Crippen molar-refractivity contribution >= 4 is 29.7 Å². The van der Waals surface area contributed by atoms with E-state index in [-0.39, 0.29) is 24.4 Å². The standard InChI is InChI=1S/C12H19N3O4S/c1-8-11(18)13-2-3-14(8)12(19)15-4-5-20-7-9(15)6-10(16)17/h8-9H,2-7H2,1H3,(H,13,18)(H,16,17). The first-order valence-electron chi connectivity index (χ1n) is 6.65. The van der Waals surface area contributed by atoms with E-state index in [0.717, 1.165) is 5.75 Å². The van der Waals surface area contributed by atoms with Gasteiger partial charge in [-0.1, -0.05) is 0 Å². The summed E-state index contributed by atoms with van der Waals surface area (Å²) in [5.74, 6) is 0.369. The Hall–Kier alpha value is -1.44. The van der Waals surface area contributed by atoms with E-state index in [1.807, 2.05) is 0 Å². The third-order valence-corrected chi connectivity index (χ3v) is 4.72. The number of hydrogen-bond acceptors (Lipinski definition) is 4. The van der Waals surface area contributed by atoms with E-state index in [9.17, 15) is 14.4 Å². The molecule has 112 valence electrons. The average Bonchev–Trinajstić information content (AvgIpc) is 2.41. The average molecular weight is 301 g/mol. The molecule has 2 N–H and O–H groups in total. The fourth-order valence-electron chi connectivity index (χ4n) is 2.49. The van der Waals surface area contributed by atoms with Gasteiger partial charge in [0.05, 0.1) is 12.5 Å². The van der Waals surface area contributed by atoms with Crippen LogP contribution in [0.4, 0.5) is 4.79 Å². The summed E-state index contributed by atoms with van der Waals surface area (Å²) in [6.45, 7) is 3.14. The smallest absolute Gasteiger partial charge is 0.321 e. The van der Waals surface area contributed by atoms with Gasteiger partial charge in [0.1, 0.15) is 6.04 Å². The molecular weight excluding hydrogens is 282 g/mol. The van der Waals surface area contributed by atoms with Crippen LogP contribution in [0.2, 0.25) is 0 Å². The van der Waals surface area contributed by atoms with Gasteiger partial charge in [0.25, 0.3) is 0 Å². The van der Waals surface area contributed by atoms with Crippen LogP contribution in [0.3, 0.4) is 0 Å². The summed E-state index contributed by atoms with van der Waals surface area (Å²) in [6, 6.07) is -1.02. The van der Waals surface area contributed by atoms with Gasteiger partial charge in [-0.05, 0) is 6.92 Å². The molecule has 0 aliphatic carbocycles. The predicted molar refractivity (Wildman–Crippen MR) is 74.6 cm³/mol. The number of amides is 3. The number of carbonyl (C=O) groups excluding carboxylic acids is 2. The quantitative estimate of drug-likeness (QED) is 0.738. The highest BCUT2D eigenvalue weighted by Gasteiger charge is 2.36. The maximum Gasteiger partial charge on any atom is 0.321 e. The zero-order valence-corrected chi connectivity index (χ0v) is 12.2. The lowest BCUT2D eigenvalue weighted by molar-refractivity contribution is -0.138. The number of carboxylic acid groups (broad SMARTS) is 1. The van der Waals surface area contributed by atoms with Gasteiger partial charge in [0.15, 0.2) is 0 Å². The van der Waals surface area contributed by atoms with E-state index in [1.165, 1.54) is 4.90 Å². The van der Waals surface area contributed by atoms with Crippen molar-refractivity contribution in [3.8, 4) is 0 Å². The molecule has 2 fully saturated rings. The van der Waals surface area contributed by atoms with E-state index in [4.69, 9.17) is 5.11 Å². The van der Waals surface area contributed by atoms with Crippen molar-refractivity contribution in [1.29, 1.82) is 0 Å². The minimum absolute atomic E-state index is 0.0485. The maximum absolute atomic E-state index is 12.6. The fourth-order valence-corrected chi connectivity index (χ4v) is 3.55. The summed E-state index contributed by atoms with van der Waals surface area (Å²) in [5.41, 5.74) is 0. The zero-order valence-electron chi connectivity index (χ0n) is 11.4. The highest BCUT2D eigenvalue weighted by Crippen LogP contribution is 2.21. The van der Waals surface area contributed by atoms with Gasteiger partial charge >= 0.3 is 12.0 Å². The first-order valence-corrected chi connectivity index (χ1v) is 7.80. The Balaban J connectivity index is 2.08. The van der Waals surface area contributed by atoms with Crippen molar-refractivity contribution in [3.05, 3.63) is 0 Å². The van der Waals surface area contributed by atoms with Crippen molar-refractivity contribution in [2.75, 3.05) is 31.1 Å². The van der Waals surface area contributed by atoms with Gasteiger partial charge in [-0.15, -0.1) is 0 Å². The fraction of sp³-hybridized carbons (Fsp3) is 0.750. The Morgan fingerprint density at radius 3 is 2.85 bits per heavy atom. The summed E-state index contributed by atoms with van der Waals surface area (Å²) < 4.78 is 0. The van der Waals surface area contributed by atoms with Crippen LogP contribution in [0.5, 0.6) is 0 Å². The number of urea groups is 1. The van der Waals surface area contributed by atoms with Crippen molar-refractivity contribution in [2.24, 2.45) is 0 Å². The van der Waals surface area contributed by atoms with E-state index in [2.05, 4.69) is 5.32 Å². The first kappa shape index (κ1) is 15.0. The normalized spacial score (nSPS) is 27.1. The number of carbonyl (C=O) groups is 3. The molecule has 0 spiro atoms. The molecular formula is C12H19N3O4S. The summed E-state index contributed by atoms with van der Waals surface area (Å²) in [6.07, 6.45) is -0.0485. The van der Waals surface area contributed by atoms with Crippen LogP contribution in [0.15, 0.2) is 0 Å². The summed E-state index contributed by atoms with van der Waals surface area (Å²) in [7, 11) is 0. The molecule has 0 bridgehead atoms. The van der Waals surface area contributed by atoms with Gasteiger partial charge < -0.3 is 20.2 Å². The number of piperazine rings is 1. The third kappa shape index (κ3) is 3.17. The van der Waals surface area contributed by atoms with Crippen LogP contribution >= 0.6 is 11.8 Å². The molecule has 2 unspecified atom stereocenters. The molecule has 2 saturated heterocycles. The number of thioether (sulfide) groups is 1. The molecule has 2 rings (SSSR count). The molecule has 3 amide bonds. The van der Waals surface area contributed by atoms with Crippen molar-refractivity contribution in [3.63, 3.8) is 0 Å². The highest BCUT2D eigenvalue weighted by molar-refractivity contribution is 7.99. The molecule has 0 radical (unpaired) electrons. The second-order valence-corrected chi connectivity index (χ2v) is 6.11. The number of nitrogens with zero attached hydrogens (tertiary/aromatic N) is 2.